The van der Waals surface area contributed by atoms with E-state index in [2.05, 4.69) is 49.6 Å². The lowest BCUT2D eigenvalue weighted by atomic mass is 9.51. The number of piperidine rings is 2. The zero-order chi connectivity index (χ0) is 19.4. The minimum Gasteiger partial charge on any atom is -0.496 e. The van der Waals surface area contributed by atoms with Crippen molar-refractivity contribution in [2.45, 2.75) is 71.3 Å². The molecule has 148 valence electrons. The monoisotopic (exact) mass is 370 g/mol. The van der Waals surface area contributed by atoms with Crippen LogP contribution in [0.15, 0.2) is 12.1 Å². The van der Waals surface area contributed by atoms with Crippen molar-refractivity contribution in [3.05, 3.63) is 28.8 Å². The van der Waals surface area contributed by atoms with E-state index in [9.17, 15) is 4.79 Å². The highest BCUT2D eigenvalue weighted by Gasteiger charge is 2.57. The van der Waals surface area contributed by atoms with Gasteiger partial charge in [0, 0.05) is 31.1 Å². The molecule has 0 unspecified atom stereocenters. The van der Waals surface area contributed by atoms with E-state index in [1.165, 1.54) is 23.1 Å². The highest BCUT2D eigenvalue weighted by molar-refractivity contribution is 5.75. The Morgan fingerprint density at radius 1 is 1.11 bits per heavy atom. The van der Waals surface area contributed by atoms with Crippen LogP contribution in [0.25, 0.3) is 0 Å². The molecule has 2 bridgehead atoms. The van der Waals surface area contributed by atoms with E-state index >= 15 is 0 Å². The van der Waals surface area contributed by atoms with Gasteiger partial charge in [0.1, 0.15) is 5.75 Å². The van der Waals surface area contributed by atoms with E-state index < -0.39 is 0 Å². The van der Waals surface area contributed by atoms with E-state index in [1.807, 2.05) is 0 Å². The average Bonchev–Trinajstić information content (AvgIpc) is 2.65. The summed E-state index contributed by atoms with van der Waals surface area (Å²) in [5, 5.41) is 0. The molecule has 0 N–H and O–H groups in total. The number of nitrogens with zero attached hydrogens (tertiary/aromatic N) is 2. The molecular formula is C23H34N2O2. The molecular weight excluding hydrogens is 336 g/mol. The van der Waals surface area contributed by atoms with Gasteiger partial charge in [-0.3, -0.25) is 0 Å². The summed E-state index contributed by atoms with van der Waals surface area (Å²) in [5.74, 6) is 0.962. The Morgan fingerprint density at radius 2 is 1.81 bits per heavy atom. The van der Waals surface area contributed by atoms with Crippen molar-refractivity contribution in [3.63, 3.8) is 0 Å². The van der Waals surface area contributed by atoms with Crippen molar-refractivity contribution >= 4 is 6.03 Å². The van der Waals surface area contributed by atoms with Crippen molar-refractivity contribution in [1.82, 2.24) is 9.80 Å². The zero-order valence-corrected chi connectivity index (χ0v) is 17.6. The first-order valence-electron chi connectivity index (χ1n) is 10.5. The van der Waals surface area contributed by atoms with Gasteiger partial charge in [-0.05, 0) is 67.2 Å². The fourth-order valence-corrected chi connectivity index (χ4v) is 5.76. The van der Waals surface area contributed by atoms with Crippen LogP contribution >= 0.6 is 0 Å². The Morgan fingerprint density at radius 3 is 2.48 bits per heavy atom. The highest BCUT2D eigenvalue weighted by atomic mass is 16.5. The number of aryl methyl sites for hydroxylation is 1. The maximum Gasteiger partial charge on any atom is 0.320 e. The molecule has 0 saturated carbocycles. The molecule has 4 rings (SSSR count). The largest absolute Gasteiger partial charge is 0.496 e. The summed E-state index contributed by atoms with van der Waals surface area (Å²) in [6.45, 7) is 12.0. The van der Waals surface area contributed by atoms with Crippen molar-refractivity contribution in [1.29, 1.82) is 0 Å². The second kappa shape index (κ2) is 6.42. The van der Waals surface area contributed by atoms with Crippen LogP contribution in [0.4, 0.5) is 4.79 Å². The maximum atomic E-state index is 13.4. The third kappa shape index (κ3) is 2.67. The first-order chi connectivity index (χ1) is 12.8. The number of carbonyl (C=O) groups is 1. The Kier molecular flexibility index (Phi) is 4.44. The van der Waals surface area contributed by atoms with Gasteiger partial charge >= 0.3 is 6.03 Å². The summed E-state index contributed by atoms with van der Waals surface area (Å²) in [7, 11) is 1.75. The number of rotatable bonds is 1. The number of likely N-dealkylation sites (tertiary alicyclic amines) is 2. The van der Waals surface area contributed by atoms with Crippen LogP contribution in [-0.2, 0) is 11.8 Å². The van der Waals surface area contributed by atoms with Gasteiger partial charge in [-0.1, -0.05) is 26.8 Å². The number of hydrogen-bond donors (Lipinski definition) is 0. The number of benzene rings is 1. The molecule has 1 aromatic rings. The summed E-state index contributed by atoms with van der Waals surface area (Å²) in [6, 6.07) is 5.07. The van der Waals surface area contributed by atoms with E-state index in [-0.39, 0.29) is 22.9 Å². The summed E-state index contributed by atoms with van der Waals surface area (Å²) < 4.78 is 5.60. The van der Waals surface area contributed by atoms with Crippen LogP contribution < -0.4 is 4.74 Å². The first kappa shape index (κ1) is 18.6. The molecule has 2 fully saturated rings. The molecule has 4 heteroatoms. The summed E-state index contributed by atoms with van der Waals surface area (Å²) >= 11 is 0. The number of hydrogen-bond acceptors (Lipinski definition) is 2. The standard InChI is InChI=1S/C23H34N2O2/c1-16-13-18-17(14-19(16)27-5)15-20-22(2,3)23(18,4)9-12-25(20)21(26)24-10-7-6-8-11-24/h13-14,20H,6-12,15H2,1-5H3/t20-,23+/m0/s1. The number of ether oxygens (including phenoxy) is 1. The lowest BCUT2D eigenvalue weighted by Crippen LogP contribution is -2.66. The number of fused-ring (bicyclic) bond motifs is 4. The second-order valence-electron chi connectivity index (χ2n) is 9.53. The SMILES string of the molecule is COc1cc2c(cc1C)[C@@]1(C)CCN(C(=O)N3CCCCC3)[C@@H](C2)C1(C)C. The minimum absolute atomic E-state index is 0.0464. The average molecular weight is 371 g/mol. The van der Waals surface area contributed by atoms with Crippen LogP contribution in [0.3, 0.4) is 0 Å². The van der Waals surface area contributed by atoms with Gasteiger partial charge in [-0.2, -0.15) is 0 Å². The van der Waals surface area contributed by atoms with Crippen molar-refractivity contribution < 1.29 is 9.53 Å². The Bertz CT molecular complexity index is 751. The van der Waals surface area contributed by atoms with Gasteiger partial charge in [0.15, 0.2) is 0 Å². The van der Waals surface area contributed by atoms with Crippen LogP contribution in [0.1, 0.15) is 63.1 Å². The normalized spacial score (nSPS) is 29.3. The van der Waals surface area contributed by atoms with E-state index in [0.717, 1.165) is 51.1 Å². The quantitative estimate of drug-likeness (QED) is 0.728. The predicted molar refractivity (Wildman–Crippen MR) is 108 cm³/mol. The molecule has 4 nitrogen and oxygen atoms in total. The van der Waals surface area contributed by atoms with E-state index in [1.54, 1.807) is 7.11 Å². The molecule has 1 aliphatic carbocycles. The molecule has 2 aliphatic heterocycles. The van der Waals surface area contributed by atoms with Crippen molar-refractivity contribution in [2.75, 3.05) is 26.7 Å². The number of amides is 2. The number of urea groups is 1. The lowest BCUT2D eigenvalue weighted by molar-refractivity contribution is -0.0243. The molecule has 2 heterocycles. The minimum atomic E-state index is 0.0464. The molecule has 0 aromatic heterocycles. The molecule has 0 radical (unpaired) electrons. The van der Waals surface area contributed by atoms with Gasteiger partial charge < -0.3 is 14.5 Å². The first-order valence-corrected chi connectivity index (χ1v) is 10.5. The lowest BCUT2D eigenvalue weighted by Gasteiger charge is -2.61. The smallest absolute Gasteiger partial charge is 0.320 e. The molecule has 2 atom stereocenters. The number of methoxy groups -OCH3 is 1. The Hall–Kier alpha value is -1.71. The summed E-state index contributed by atoms with van der Waals surface area (Å²) in [4.78, 5) is 17.6. The molecule has 2 amide bonds. The molecule has 3 aliphatic rings. The van der Waals surface area contributed by atoms with E-state index in [0.29, 0.717) is 0 Å². The van der Waals surface area contributed by atoms with E-state index in [4.69, 9.17) is 4.74 Å². The topological polar surface area (TPSA) is 32.8 Å². The Balaban J connectivity index is 1.73. The van der Waals surface area contributed by atoms with Crippen LogP contribution in [0.5, 0.6) is 5.75 Å². The maximum absolute atomic E-state index is 13.4. The van der Waals surface area contributed by atoms with Crippen molar-refractivity contribution in [3.8, 4) is 5.75 Å². The molecule has 0 spiro atoms. The Labute approximate surface area is 163 Å². The third-order valence-corrected chi connectivity index (χ3v) is 7.98. The van der Waals surface area contributed by atoms with Gasteiger partial charge in [-0.25, -0.2) is 4.79 Å². The van der Waals surface area contributed by atoms with Crippen molar-refractivity contribution in [2.24, 2.45) is 5.41 Å². The second-order valence-corrected chi connectivity index (χ2v) is 9.53. The summed E-state index contributed by atoms with van der Waals surface area (Å²) in [6.07, 6.45) is 5.49. The predicted octanol–water partition coefficient (Wildman–Crippen LogP) is 4.52. The highest BCUT2D eigenvalue weighted by Crippen LogP contribution is 2.56. The fraction of sp³-hybridized carbons (Fsp3) is 0.696. The molecule has 1 aromatic carbocycles. The molecule has 27 heavy (non-hydrogen) atoms. The van der Waals surface area contributed by atoms with Crippen LogP contribution in [0, 0.1) is 12.3 Å². The molecule has 2 saturated heterocycles. The van der Waals surface area contributed by atoms with Crippen LogP contribution in [0.2, 0.25) is 0 Å². The third-order valence-electron chi connectivity index (χ3n) is 7.98. The van der Waals surface area contributed by atoms with Gasteiger partial charge in [0.05, 0.1) is 7.11 Å². The number of carbonyl (C=O) groups excluding carboxylic acids is 1. The zero-order valence-electron chi connectivity index (χ0n) is 17.6. The van der Waals surface area contributed by atoms with Gasteiger partial charge in [0.2, 0.25) is 0 Å². The van der Waals surface area contributed by atoms with Gasteiger partial charge in [-0.15, -0.1) is 0 Å². The van der Waals surface area contributed by atoms with Gasteiger partial charge in [0.25, 0.3) is 0 Å². The van der Waals surface area contributed by atoms with Crippen LogP contribution in [-0.4, -0.2) is 48.6 Å². The fourth-order valence-electron chi connectivity index (χ4n) is 5.76. The summed E-state index contributed by atoms with van der Waals surface area (Å²) in [5.41, 5.74) is 4.16.